The van der Waals surface area contributed by atoms with E-state index in [1.54, 1.807) is 0 Å². The van der Waals surface area contributed by atoms with E-state index in [2.05, 4.69) is 16.6 Å². The molecule has 5 heteroatoms. The highest BCUT2D eigenvalue weighted by atomic mass is 16.5. The standard InChI is InChI=1S/C25H22N2O3/c1-3-27-22-9-8-16(25(28)17-7-5-4-6-15(17)2)12-18(22)19-13-20-21(26-29)10-11-30-24(20)14-23(19)27/h4-9,12-14,29H,3,10-11H2,1-2H3/b26-21+. The largest absolute Gasteiger partial charge is 0.492 e. The Bertz CT molecular complexity index is 1350. The second-order valence-electron chi connectivity index (χ2n) is 7.63. The van der Waals surface area contributed by atoms with Crippen LogP contribution in [0.2, 0.25) is 0 Å². The number of ether oxygens (including phenoxy) is 1. The summed E-state index contributed by atoms with van der Waals surface area (Å²) in [6.07, 6.45) is 0.568. The quantitative estimate of drug-likeness (QED) is 0.289. The minimum atomic E-state index is 0.0197. The summed E-state index contributed by atoms with van der Waals surface area (Å²) in [4.78, 5) is 13.2. The number of hydrogen-bond donors (Lipinski definition) is 1. The van der Waals surface area contributed by atoms with Gasteiger partial charge in [0.05, 0.1) is 17.8 Å². The molecule has 2 heterocycles. The van der Waals surface area contributed by atoms with E-state index < -0.39 is 0 Å². The van der Waals surface area contributed by atoms with Gasteiger partial charge in [0.1, 0.15) is 5.75 Å². The van der Waals surface area contributed by atoms with E-state index in [4.69, 9.17) is 4.74 Å². The van der Waals surface area contributed by atoms with Crippen molar-refractivity contribution in [3.8, 4) is 5.75 Å². The van der Waals surface area contributed by atoms with Gasteiger partial charge in [-0.25, -0.2) is 0 Å². The molecule has 1 aliphatic heterocycles. The summed E-state index contributed by atoms with van der Waals surface area (Å²) in [6.45, 7) is 5.35. The van der Waals surface area contributed by atoms with E-state index in [0.717, 1.165) is 50.8 Å². The Morgan fingerprint density at radius 1 is 1.10 bits per heavy atom. The number of aryl methyl sites for hydroxylation is 2. The Labute approximate surface area is 174 Å². The van der Waals surface area contributed by atoms with E-state index in [9.17, 15) is 10.0 Å². The van der Waals surface area contributed by atoms with E-state index in [1.165, 1.54) is 0 Å². The fourth-order valence-electron chi connectivity index (χ4n) is 4.43. The smallest absolute Gasteiger partial charge is 0.193 e. The van der Waals surface area contributed by atoms with Gasteiger partial charge in [-0.05, 0) is 43.7 Å². The molecule has 3 aromatic carbocycles. The second-order valence-corrected chi connectivity index (χ2v) is 7.63. The molecule has 1 aliphatic rings. The average molecular weight is 398 g/mol. The van der Waals surface area contributed by atoms with Gasteiger partial charge in [-0.3, -0.25) is 4.79 Å². The van der Waals surface area contributed by atoms with E-state index in [1.807, 2.05) is 61.5 Å². The van der Waals surface area contributed by atoms with Crippen molar-refractivity contribution in [2.75, 3.05) is 6.61 Å². The second kappa shape index (κ2) is 7.02. The lowest BCUT2D eigenvalue weighted by molar-refractivity contribution is 0.103. The van der Waals surface area contributed by atoms with Gasteiger partial charge < -0.3 is 14.5 Å². The summed E-state index contributed by atoms with van der Waals surface area (Å²) in [5.41, 5.74) is 5.90. The molecular weight excluding hydrogens is 376 g/mol. The number of hydrogen-bond acceptors (Lipinski definition) is 4. The Hall–Kier alpha value is -3.60. The summed E-state index contributed by atoms with van der Waals surface area (Å²) in [6, 6.07) is 17.6. The first-order chi connectivity index (χ1) is 14.6. The first-order valence-electron chi connectivity index (χ1n) is 10.2. The van der Waals surface area contributed by atoms with Gasteiger partial charge in [0.2, 0.25) is 0 Å². The third kappa shape index (κ3) is 2.70. The molecule has 0 radical (unpaired) electrons. The molecule has 0 saturated carbocycles. The zero-order valence-electron chi connectivity index (χ0n) is 17.0. The molecule has 0 unspecified atom stereocenters. The molecule has 0 spiro atoms. The van der Waals surface area contributed by atoms with Gasteiger partial charge in [0, 0.05) is 52.0 Å². The first-order valence-corrected chi connectivity index (χ1v) is 10.2. The maximum Gasteiger partial charge on any atom is 0.193 e. The Morgan fingerprint density at radius 3 is 2.67 bits per heavy atom. The zero-order valence-corrected chi connectivity index (χ0v) is 17.0. The van der Waals surface area contributed by atoms with E-state index >= 15 is 0 Å². The van der Waals surface area contributed by atoms with Crippen molar-refractivity contribution in [2.24, 2.45) is 5.16 Å². The molecule has 5 rings (SSSR count). The highest BCUT2D eigenvalue weighted by Gasteiger charge is 2.22. The van der Waals surface area contributed by atoms with Gasteiger partial charge in [0.25, 0.3) is 0 Å². The molecule has 1 aromatic heterocycles. The number of aromatic nitrogens is 1. The van der Waals surface area contributed by atoms with Crippen LogP contribution in [0.25, 0.3) is 21.8 Å². The maximum atomic E-state index is 13.2. The maximum absolute atomic E-state index is 13.2. The lowest BCUT2D eigenvalue weighted by atomic mass is 9.97. The number of ketones is 1. The van der Waals surface area contributed by atoms with E-state index in [-0.39, 0.29) is 5.78 Å². The molecule has 0 atom stereocenters. The molecule has 1 N–H and O–H groups in total. The molecule has 4 aromatic rings. The number of oxime groups is 1. The Balaban J connectivity index is 1.76. The average Bonchev–Trinajstić information content (AvgIpc) is 3.08. The highest BCUT2D eigenvalue weighted by molar-refractivity contribution is 6.17. The lowest BCUT2D eigenvalue weighted by Gasteiger charge is -2.18. The number of carbonyl (C=O) groups is 1. The summed E-state index contributed by atoms with van der Waals surface area (Å²) < 4.78 is 8.06. The molecule has 30 heavy (non-hydrogen) atoms. The van der Waals surface area contributed by atoms with Crippen LogP contribution in [-0.2, 0) is 6.54 Å². The summed E-state index contributed by atoms with van der Waals surface area (Å²) in [5, 5.41) is 14.9. The Kier molecular flexibility index (Phi) is 4.31. The summed E-state index contributed by atoms with van der Waals surface area (Å²) >= 11 is 0. The number of nitrogens with zero attached hydrogens (tertiary/aromatic N) is 2. The van der Waals surface area contributed by atoms with Crippen molar-refractivity contribution in [3.05, 3.63) is 76.9 Å². The minimum absolute atomic E-state index is 0.0197. The summed E-state index contributed by atoms with van der Waals surface area (Å²) in [7, 11) is 0. The fourth-order valence-corrected chi connectivity index (χ4v) is 4.43. The van der Waals surface area contributed by atoms with Crippen LogP contribution in [0.4, 0.5) is 0 Å². The van der Waals surface area contributed by atoms with Gasteiger partial charge in [0.15, 0.2) is 5.78 Å². The molecule has 0 bridgehead atoms. The molecule has 0 fully saturated rings. The number of rotatable bonds is 3. The third-order valence-electron chi connectivity index (χ3n) is 5.96. The number of fused-ring (bicyclic) bond motifs is 4. The molecule has 0 amide bonds. The van der Waals surface area contributed by atoms with Crippen LogP contribution in [0.5, 0.6) is 5.75 Å². The van der Waals surface area contributed by atoms with Crippen LogP contribution in [0, 0.1) is 6.92 Å². The lowest BCUT2D eigenvalue weighted by Crippen LogP contribution is -2.16. The van der Waals surface area contributed by atoms with Crippen LogP contribution in [-0.4, -0.2) is 27.9 Å². The highest BCUT2D eigenvalue weighted by Crippen LogP contribution is 2.37. The van der Waals surface area contributed by atoms with Crippen molar-refractivity contribution in [1.29, 1.82) is 0 Å². The molecular formula is C25H22N2O3. The van der Waals surface area contributed by atoms with Crippen molar-refractivity contribution >= 4 is 33.3 Å². The number of benzene rings is 3. The molecule has 150 valence electrons. The normalized spacial score (nSPS) is 14.8. The van der Waals surface area contributed by atoms with Gasteiger partial charge in [-0.2, -0.15) is 0 Å². The third-order valence-corrected chi connectivity index (χ3v) is 5.96. The summed E-state index contributed by atoms with van der Waals surface area (Å²) in [5.74, 6) is 0.751. The van der Waals surface area contributed by atoms with E-state index in [0.29, 0.717) is 24.3 Å². The Morgan fingerprint density at radius 2 is 1.90 bits per heavy atom. The predicted molar refractivity (Wildman–Crippen MR) is 118 cm³/mol. The zero-order chi connectivity index (χ0) is 20.8. The first kappa shape index (κ1) is 18.4. The molecule has 0 aliphatic carbocycles. The minimum Gasteiger partial charge on any atom is -0.492 e. The SMILES string of the molecule is CCn1c2ccc(C(=O)c3ccccc3C)cc2c2cc3c(cc21)OCC/C3=N\O. The monoisotopic (exact) mass is 398 g/mol. The molecule has 5 nitrogen and oxygen atoms in total. The van der Waals surface area contributed by atoms with Crippen molar-refractivity contribution in [1.82, 2.24) is 4.57 Å². The van der Waals surface area contributed by atoms with Gasteiger partial charge in [-0.15, -0.1) is 0 Å². The van der Waals surface area contributed by atoms with Crippen LogP contribution >= 0.6 is 0 Å². The van der Waals surface area contributed by atoms with Gasteiger partial charge >= 0.3 is 0 Å². The molecule has 0 saturated heterocycles. The predicted octanol–water partition coefficient (Wildman–Crippen LogP) is 5.31. The van der Waals surface area contributed by atoms with Crippen LogP contribution in [0.15, 0.2) is 59.8 Å². The van der Waals surface area contributed by atoms with Crippen LogP contribution in [0.3, 0.4) is 0 Å². The van der Waals surface area contributed by atoms with Crippen LogP contribution in [0.1, 0.15) is 40.4 Å². The van der Waals surface area contributed by atoms with Gasteiger partial charge in [-0.1, -0.05) is 29.4 Å². The van der Waals surface area contributed by atoms with Crippen molar-refractivity contribution in [2.45, 2.75) is 26.8 Å². The van der Waals surface area contributed by atoms with Crippen molar-refractivity contribution < 1.29 is 14.7 Å². The number of carbonyl (C=O) groups excluding carboxylic acids is 1. The topological polar surface area (TPSA) is 63.8 Å². The van der Waals surface area contributed by atoms with Crippen molar-refractivity contribution in [3.63, 3.8) is 0 Å². The van der Waals surface area contributed by atoms with Crippen LogP contribution < -0.4 is 4.74 Å². The fraction of sp³-hybridized carbons (Fsp3) is 0.200.